The van der Waals surface area contributed by atoms with Gasteiger partial charge in [0.05, 0.1) is 12.6 Å². The van der Waals surface area contributed by atoms with Gasteiger partial charge in [-0.1, -0.05) is 48.8 Å². The fourth-order valence-electron chi connectivity index (χ4n) is 3.71. The van der Waals surface area contributed by atoms with Crippen LogP contribution in [0, 0.1) is 0 Å². The van der Waals surface area contributed by atoms with Gasteiger partial charge in [-0.3, -0.25) is 9.69 Å². The minimum Gasteiger partial charge on any atom is -0.494 e. The third-order valence-electron chi connectivity index (χ3n) is 5.47. The van der Waals surface area contributed by atoms with Crippen LogP contribution in [0.5, 0.6) is 5.75 Å². The quantitative estimate of drug-likeness (QED) is 0.404. The van der Waals surface area contributed by atoms with Crippen molar-refractivity contribution in [2.45, 2.75) is 39.7 Å². The lowest BCUT2D eigenvalue weighted by Gasteiger charge is -2.30. The van der Waals surface area contributed by atoms with Crippen molar-refractivity contribution in [1.29, 1.82) is 0 Å². The predicted octanol–water partition coefficient (Wildman–Crippen LogP) is 4.92. The molecule has 0 aliphatic carbocycles. The number of carbonyl (C=O) groups excluding carboxylic acids is 1. The van der Waals surface area contributed by atoms with E-state index in [1.165, 1.54) is 0 Å². The Morgan fingerprint density at radius 3 is 2.52 bits per heavy atom. The normalized spacial score (nSPS) is 12.0. The van der Waals surface area contributed by atoms with Crippen molar-refractivity contribution in [2.75, 3.05) is 26.2 Å². The van der Waals surface area contributed by atoms with E-state index >= 15 is 0 Å². The minimum absolute atomic E-state index is 0.00677. The Balaban J connectivity index is 1.55. The zero-order valence-corrected chi connectivity index (χ0v) is 20.1. The molecule has 1 unspecified atom stereocenters. The number of ether oxygens (including phenoxy) is 1. The highest BCUT2D eigenvalue weighted by atomic mass is 35.5. The highest BCUT2D eigenvalue weighted by molar-refractivity contribution is 6.31. The number of hydrogen-bond donors (Lipinski definition) is 1. The van der Waals surface area contributed by atoms with Gasteiger partial charge < -0.3 is 14.6 Å². The van der Waals surface area contributed by atoms with Crippen molar-refractivity contribution in [2.24, 2.45) is 0 Å². The summed E-state index contributed by atoms with van der Waals surface area (Å²) in [6.07, 6.45) is 0.635. The number of rotatable bonds is 12. The number of aromatic nitrogens is 2. The van der Waals surface area contributed by atoms with Gasteiger partial charge in [0.1, 0.15) is 5.75 Å². The van der Waals surface area contributed by atoms with Crippen LogP contribution < -0.4 is 10.1 Å². The molecule has 3 rings (SSSR count). The Bertz CT molecular complexity index is 1020. The third-order valence-corrected chi connectivity index (χ3v) is 5.81. The Labute approximate surface area is 200 Å². The van der Waals surface area contributed by atoms with Crippen molar-refractivity contribution in [3.8, 4) is 17.1 Å². The van der Waals surface area contributed by atoms with Crippen LogP contribution in [0.15, 0.2) is 53.1 Å². The van der Waals surface area contributed by atoms with Gasteiger partial charge in [0.2, 0.25) is 17.6 Å². The molecular weight excluding hydrogens is 440 g/mol. The van der Waals surface area contributed by atoms with Gasteiger partial charge in [-0.15, -0.1) is 0 Å². The van der Waals surface area contributed by atoms with Crippen LogP contribution in [0.1, 0.15) is 44.7 Å². The summed E-state index contributed by atoms with van der Waals surface area (Å²) in [5.74, 6) is 1.65. The molecule has 1 aromatic heterocycles. The van der Waals surface area contributed by atoms with E-state index in [9.17, 15) is 4.79 Å². The van der Waals surface area contributed by atoms with Gasteiger partial charge in [-0.25, -0.2) is 0 Å². The second-order valence-electron chi connectivity index (χ2n) is 7.53. The van der Waals surface area contributed by atoms with E-state index in [-0.39, 0.29) is 18.4 Å². The van der Waals surface area contributed by atoms with E-state index in [1.807, 2.05) is 55.5 Å². The number of hydrogen-bond acceptors (Lipinski definition) is 6. The summed E-state index contributed by atoms with van der Waals surface area (Å²) < 4.78 is 10.8. The molecule has 1 N–H and O–H groups in total. The van der Waals surface area contributed by atoms with Crippen LogP contribution in [0.2, 0.25) is 5.02 Å². The molecule has 1 amide bonds. The predicted molar refractivity (Wildman–Crippen MR) is 129 cm³/mol. The maximum absolute atomic E-state index is 12.5. The molecule has 3 aromatic rings. The fraction of sp³-hybridized carbons (Fsp3) is 0.400. The van der Waals surface area contributed by atoms with E-state index < -0.39 is 0 Å². The maximum Gasteiger partial charge on any atom is 0.227 e. The molecule has 0 aliphatic heterocycles. The third kappa shape index (κ3) is 6.79. The summed E-state index contributed by atoms with van der Waals surface area (Å²) in [6, 6.07) is 15.3. The second-order valence-corrected chi connectivity index (χ2v) is 7.94. The van der Waals surface area contributed by atoms with Crippen molar-refractivity contribution in [1.82, 2.24) is 20.4 Å². The first-order chi connectivity index (χ1) is 16.0. The monoisotopic (exact) mass is 470 g/mol. The number of halogens is 1. The highest BCUT2D eigenvalue weighted by Gasteiger charge is 2.21. The van der Waals surface area contributed by atoms with Crippen molar-refractivity contribution >= 4 is 17.5 Å². The van der Waals surface area contributed by atoms with Gasteiger partial charge in [-0.05, 0) is 55.9 Å². The Kier molecular flexibility index (Phi) is 9.27. The average molecular weight is 471 g/mol. The lowest BCUT2D eigenvalue weighted by Crippen LogP contribution is -2.38. The molecule has 0 radical (unpaired) electrons. The zero-order valence-electron chi connectivity index (χ0n) is 19.4. The molecule has 33 heavy (non-hydrogen) atoms. The van der Waals surface area contributed by atoms with Crippen LogP contribution in [0.25, 0.3) is 11.4 Å². The van der Waals surface area contributed by atoms with Crippen LogP contribution in [0.4, 0.5) is 0 Å². The zero-order chi connectivity index (χ0) is 23.6. The topological polar surface area (TPSA) is 80.5 Å². The molecular formula is C25H31ClN4O3. The molecule has 0 spiro atoms. The largest absolute Gasteiger partial charge is 0.494 e. The number of benzene rings is 2. The lowest BCUT2D eigenvalue weighted by molar-refractivity contribution is -0.121. The molecule has 0 fully saturated rings. The summed E-state index contributed by atoms with van der Waals surface area (Å²) in [7, 11) is 0. The Morgan fingerprint density at radius 2 is 1.85 bits per heavy atom. The first-order valence-electron chi connectivity index (χ1n) is 11.4. The van der Waals surface area contributed by atoms with E-state index in [2.05, 4.69) is 34.2 Å². The summed E-state index contributed by atoms with van der Waals surface area (Å²) >= 11 is 6.44. The van der Waals surface area contributed by atoms with Crippen molar-refractivity contribution < 1.29 is 14.1 Å². The van der Waals surface area contributed by atoms with Crippen LogP contribution in [-0.2, 0) is 11.2 Å². The maximum atomic E-state index is 12.5. The summed E-state index contributed by atoms with van der Waals surface area (Å²) in [5, 5.41) is 7.78. The number of nitrogens with zero attached hydrogens (tertiary/aromatic N) is 3. The molecule has 8 heteroatoms. The van der Waals surface area contributed by atoms with Gasteiger partial charge in [0.25, 0.3) is 0 Å². The number of aryl methyl sites for hydroxylation is 1. The molecule has 7 nitrogen and oxygen atoms in total. The van der Waals surface area contributed by atoms with Crippen LogP contribution >= 0.6 is 11.6 Å². The molecule has 0 bridgehead atoms. The van der Waals surface area contributed by atoms with Gasteiger partial charge in [0.15, 0.2) is 0 Å². The smallest absolute Gasteiger partial charge is 0.227 e. The fourth-order valence-corrected chi connectivity index (χ4v) is 3.97. The van der Waals surface area contributed by atoms with E-state index in [0.717, 1.165) is 30.0 Å². The molecule has 1 heterocycles. The second kappa shape index (κ2) is 12.4. The molecule has 176 valence electrons. The number of amides is 1. The average Bonchev–Trinajstić information content (AvgIpc) is 3.31. The molecule has 1 atom stereocenters. The van der Waals surface area contributed by atoms with E-state index in [1.54, 1.807) is 0 Å². The number of nitrogens with one attached hydrogen (secondary N) is 1. The number of carbonyl (C=O) groups is 1. The standard InChI is InChI=1S/C25H31ClN4O3/c1-4-30(5-2)22(20-9-7-8-10-21(20)26)17-27-23(31)15-16-24-28-25(29-33-24)18-11-13-19(14-12-18)32-6-3/h7-14,22H,4-6,15-17H2,1-3H3,(H,27,31). The highest BCUT2D eigenvalue weighted by Crippen LogP contribution is 2.27. The Morgan fingerprint density at radius 1 is 1.12 bits per heavy atom. The van der Waals surface area contributed by atoms with Crippen molar-refractivity contribution in [3.05, 3.63) is 65.0 Å². The summed E-state index contributed by atoms with van der Waals surface area (Å²) in [5.41, 5.74) is 1.85. The van der Waals surface area contributed by atoms with Crippen LogP contribution in [-0.4, -0.2) is 47.2 Å². The van der Waals surface area contributed by atoms with Crippen molar-refractivity contribution in [3.63, 3.8) is 0 Å². The Hall–Kier alpha value is -2.90. The molecule has 0 aliphatic rings. The first kappa shape index (κ1) is 24.7. The SMILES string of the molecule is CCOc1ccc(-c2noc(CCC(=O)NCC(c3ccccc3Cl)N(CC)CC)n2)cc1. The van der Waals surface area contributed by atoms with E-state index in [4.69, 9.17) is 20.9 Å². The van der Waals surface area contributed by atoms with Gasteiger partial charge >= 0.3 is 0 Å². The first-order valence-corrected chi connectivity index (χ1v) is 11.7. The molecule has 0 saturated carbocycles. The number of likely N-dealkylation sites (N-methyl/N-ethyl adjacent to an activating group) is 1. The van der Waals surface area contributed by atoms with E-state index in [0.29, 0.717) is 36.3 Å². The van der Waals surface area contributed by atoms with Gasteiger partial charge in [-0.2, -0.15) is 4.98 Å². The lowest BCUT2D eigenvalue weighted by atomic mass is 10.0. The summed E-state index contributed by atoms with van der Waals surface area (Å²) in [6.45, 7) is 8.96. The van der Waals surface area contributed by atoms with Crippen LogP contribution in [0.3, 0.4) is 0 Å². The summed E-state index contributed by atoms with van der Waals surface area (Å²) in [4.78, 5) is 19.2. The molecule has 0 saturated heterocycles. The minimum atomic E-state index is -0.0694. The van der Waals surface area contributed by atoms with Gasteiger partial charge in [0, 0.05) is 30.0 Å². The molecule has 2 aromatic carbocycles.